The van der Waals surface area contributed by atoms with E-state index in [1.807, 2.05) is 0 Å². The molecular weight excluding hydrogens is 384 g/mol. The summed E-state index contributed by atoms with van der Waals surface area (Å²) < 4.78 is 30.7. The van der Waals surface area contributed by atoms with E-state index < -0.39 is 27.8 Å². The molecule has 0 bridgehead atoms. The molecule has 2 aromatic rings. The van der Waals surface area contributed by atoms with Gasteiger partial charge in [-0.05, 0) is 39.2 Å². The average Bonchev–Trinajstić information content (AvgIpc) is 3.34. The maximum atomic E-state index is 12.8. The van der Waals surface area contributed by atoms with E-state index >= 15 is 0 Å². The van der Waals surface area contributed by atoms with Gasteiger partial charge in [-0.1, -0.05) is 0 Å². The minimum Gasteiger partial charge on any atom is -0.449 e. The smallest absolute Gasteiger partial charge is 0.339 e. The van der Waals surface area contributed by atoms with Gasteiger partial charge < -0.3 is 10.5 Å². The molecule has 2 unspecified atom stereocenters. The Kier molecular flexibility index (Phi) is 4.40. The van der Waals surface area contributed by atoms with Crippen LogP contribution in [-0.4, -0.2) is 52.7 Å². The molecule has 0 spiro atoms. The Hall–Kier alpha value is -2.49. The molecule has 1 aliphatic carbocycles. The van der Waals surface area contributed by atoms with Crippen LogP contribution in [0.2, 0.25) is 0 Å². The molecule has 1 saturated heterocycles. The van der Waals surface area contributed by atoms with E-state index in [1.54, 1.807) is 17.7 Å². The lowest BCUT2D eigenvalue weighted by Gasteiger charge is -2.13. The molecule has 9 nitrogen and oxygen atoms in total. The molecule has 0 aromatic carbocycles. The highest BCUT2D eigenvalue weighted by molar-refractivity contribution is 7.91. The van der Waals surface area contributed by atoms with Crippen molar-refractivity contribution in [3.05, 3.63) is 23.0 Å². The van der Waals surface area contributed by atoms with Crippen LogP contribution in [0, 0.1) is 6.92 Å². The molecule has 1 saturated carbocycles. The number of amides is 1. The number of esters is 1. The number of sulfone groups is 1. The minimum absolute atomic E-state index is 0.0110. The van der Waals surface area contributed by atoms with Crippen LogP contribution < -0.4 is 5.73 Å². The highest BCUT2D eigenvalue weighted by Gasteiger charge is 2.34. The maximum Gasteiger partial charge on any atom is 0.339 e. The van der Waals surface area contributed by atoms with E-state index in [4.69, 9.17) is 15.5 Å². The number of ether oxygens (including phenoxy) is 1. The Morgan fingerprint density at radius 1 is 1.32 bits per heavy atom. The van der Waals surface area contributed by atoms with Crippen molar-refractivity contribution in [2.75, 3.05) is 11.5 Å². The van der Waals surface area contributed by atoms with Crippen LogP contribution in [0.1, 0.15) is 59.9 Å². The van der Waals surface area contributed by atoms with Gasteiger partial charge in [0.1, 0.15) is 0 Å². The van der Waals surface area contributed by atoms with Crippen LogP contribution >= 0.6 is 0 Å². The number of carbonyl (C=O) groups is 2. The SMILES string of the molecule is Cc1nn(C2CCS(=O)(=O)C2)c2nc(C3CC3)cc(C(=O)OC(C)C(N)=O)c12. The number of fused-ring (bicyclic) bond motifs is 1. The van der Waals surface area contributed by atoms with Gasteiger partial charge in [-0.2, -0.15) is 5.10 Å². The van der Waals surface area contributed by atoms with Crippen LogP contribution in [0.25, 0.3) is 11.0 Å². The lowest BCUT2D eigenvalue weighted by Crippen LogP contribution is -2.30. The number of hydrogen-bond acceptors (Lipinski definition) is 7. The predicted octanol–water partition coefficient (Wildman–Crippen LogP) is 1.01. The summed E-state index contributed by atoms with van der Waals surface area (Å²) >= 11 is 0. The number of carbonyl (C=O) groups excluding carboxylic acids is 2. The summed E-state index contributed by atoms with van der Waals surface area (Å²) in [4.78, 5) is 28.8. The zero-order valence-corrected chi connectivity index (χ0v) is 16.5. The van der Waals surface area contributed by atoms with E-state index in [2.05, 4.69) is 5.10 Å². The standard InChI is InChI=1S/C18H22N4O5S/c1-9-15-13(18(24)27-10(2)16(19)23)7-14(11-3-4-11)20-17(15)22(21-9)12-5-6-28(25,26)8-12/h7,10-12H,3-6,8H2,1-2H3,(H2,19,23). The highest BCUT2D eigenvalue weighted by atomic mass is 32.2. The molecule has 2 N–H and O–H groups in total. The molecule has 1 amide bonds. The van der Waals surface area contributed by atoms with E-state index in [0.717, 1.165) is 18.5 Å². The number of nitrogens with zero attached hydrogens (tertiary/aromatic N) is 3. The summed E-state index contributed by atoms with van der Waals surface area (Å²) in [5.74, 6) is -1.00. The van der Waals surface area contributed by atoms with Crippen LogP contribution in [0.4, 0.5) is 0 Å². The predicted molar refractivity (Wildman–Crippen MR) is 101 cm³/mol. The fourth-order valence-corrected chi connectivity index (χ4v) is 5.28. The van der Waals surface area contributed by atoms with Gasteiger partial charge in [0.2, 0.25) is 0 Å². The third-order valence-electron chi connectivity index (χ3n) is 5.31. The molecule has 4 rings (SSSR count). The second-order valence-electron chi connectivity index (χ2n) is 7.60. The van der Waals surface area contributed by atoms with Crippen molar-refractivity contribution in [1.82, 2.24) is 14.8 Å². The normalized spacial score (nSPS) is 22.3. The summed E-state index contributed by atoms with van der Waals surface area (Å²) in [6.07, 6.45) is 1.37. The summed E-state index contributed by atoms with van der Waals surface area (Å²) in [5.41, 5.74) is 7.29. The van der Waals surface area contributed by atoms with Crippen molar-refractivity contribution < 1.29 is 22.7 Å². The molecule has 2 atom stereocenters. The number of pyridine rings is 1. The third kappa shape index (κ3) is 3.36. The highest BCUT2D eigenvalue weighted by Crippen LogP contribution is 2.41. The van der Waals surface area contributed by atoms with E-state index in [1.165, 1.54) is 6.92 Å². The van der Waals surface area contributed by atoms with Crippen molar-refractivity contribution in [3.63, 3.8) is 0 Å². The number of aryl methyl sites for hydroxylation is 1. The van der Waals surface area contributed by atoms with Gasteiger partial charge in [0, 0.05) is 11.6 Å². The van der Waals surface area contributed by atoms with E-state index in [0.29, 0.717) is 23.1 Å². The summed E-state index contributed by atoms with van der Waals surface area (Å²) in [7, 11) is -3.10. The number of nitrogens with two attached hydrogens (primary N) is 1. The second kappa shape index (κ2) is 6.54. The monoisotopic (exact) mass is 406 g/mol. The summed E-state index contributed by atoms with van der Waals surface area (Å²) in [6.45, 7) is 3.16. The first-order chi connectivity index (χ1) is 13.2. The maximum absolute atomic E-state index is 12.8. The van der Waals surface area contributed by atoms with Gasteiger partial charge in [0.05, 0.1) is 34.2 Å². The number of primary amides is 1. The van der Waals surface area contributed by atoms with Gasteiger partial charge in [0.25, 0.3) is 5.91 Å². The van der Waals surface area contributed by atoms with Gasteiger partial charge in [-0.25, -0.2) is 22.9 Å². The number of hydrogen-bond donors (Lipinski definition) is 1. The second-order valence-corrected chi connectivity index (χ2v) is 9.83. The lowest BCUT2D eigenvalue weighted by atomic mass is 10.1. The first-order valence-corrected chi connectivity index (χ1v) is 11.1. The molecule has 28 heavy (non-hydrogen) atoms. The Bertz CT molecular complexity index is 1090. The molecule has 2 fully saturated rings. The number of rotatable bonds is 5. The molecule has 2 aromatic heterocycles. The molecule has 2 aliphatic rings. The number of aromatic nitrogens is 3. The van der Waals surface area contributed by atoms with Crippen LogP contribution in [0.3, 0.4) is 0 Å². The first kappa shape index (κ1) is 18.9. The first-order valence-electron chi connectivity index (χ1n) is 9.27. The fraction of sp³-hybridized carbons (Fsp3) is 0.556. The van der Waals surface area contributed by atoms with E-state index in [9.17, 15) is 18.0 Å². The van der Waals surface area contributed by atoms with Crippen LogP contribution in [-0.2, 0) is 19.4 Å². The zero-order valence-electron chi connectivity index (χ0n) is 15.7. The Balaban J connectivity index is 1.83. The van der Waals surface area contributed by atoms with Crippen LogP contribution in [0.15, 0.2) is 6.07 Å². The molecule has 1 aliphatic heterocycles. The van der Waals surface area contributed by atoms with Gasteiger partial charge >= 0.3 is 5.97 Å². The quantitative estimate of drug-likeness (QED) is 0.732. The third-order valence-corrected chi connectivity index (χ3v) is 7.06. The van der Waals surface area contributed by atoms with Crippen molar-refractivity contribution >= 4 is 32.7 Å². The fourth-order valence-electron chi connectivity index (χ4n) is 3.59. The molecular formula is C18H22N4O5S. The van der Waals surface area contributed by atoms with Crippen LogP contribution in [0.5, 0.6) is 0 Å². The molecule has 150 valence electrons. The Morgan fingerprint density at radius 2 is 2.04 bits per heavy atom. The van der Waals surface area contributed by atoms with Crippen molar-refractivity contribution in [2.45, 2.75) is 51.2 Å². The Morgan fingerprint density at radius 3 is 2.61 bits per heavy atom. The van der Waals surface area contributed by atoms with Crippen molar-refractivity contribution in [1.29, 1.82) is 0 Å². The zero-order chi connectivity index (χ0) is 20.2. The Labute approximate surface area is 162 Å². The van der Waals surface area contributed by atoms with Crippen molar-refractivity contribution in [3.8, 4) is 0 Å². The average molecular weight is 406 g/mol. The van der Waals surface area contributed by atoms with Gasteiger partial charge in [0.15, 0.2) is 21.6 Å². The molecule has 3 heterocycles. The topological polar surface area (TPSA) is 134 Å². The summed E-state index contributed by atoms with van der Waals surface area (Å²) in [5, 5.41) is 5.03. The minimum atomic E-state index is -3.10. The molecule has 10 heteroatoms. The largest absolute Gasteiger partial charge is 0.449 e. The summed E-state index contributed by atoms with van der Waals surface area (Å²) in [6, 6.07) is 1.39. The van der Waals surface area contributed by atoms with Gasteiger partial charge in [-0.3, -0.25) is 4.79 Å². The van der Waals surface area contributed by atoms with Crippen molar-refractivity contribution in [2.24, 2.45) is 5.73 Å². The van der Waals surface area contributed by atoms with Gasteiger partial charge in [-0.15, -0.1) is 0 Å². The lowest BCUT2D eigenvalue weighted by molar-refractivity contribution is -0.125. The molecule has 0 radical (unpaired) electrons. The van der Waals surface area contributed by atoms with E-state index in [-0.39, 0.29) is 29.0 Å².